The van der Waals surface area contributed by atoms with E-state index in [1.54, 1.807) is 20.8 Å². The quantitative estimate of drug-likeness (QED) is 0.376. The fraction of sp³-hybridized carbons (Fsp3) is 0.300. The van der Waals surface area contributed by atoms with E-state index in [-0.39, 0.29) is 10.7 Å². The number of carbonyl (C=O) groups is 1. The summed E-state index contributed by atoms with van der Waals surface area (Å²) in [6.07, 6.45) is -0.240. The van der Waals surface area contributed by atoms with Gasteiger partial charge in [-0.05, 0) is 38.8 Å². The number of ether oxygens (including phenoxy) is 1. The number of carbonyl (C=O) groups excluding carboxylic acids is 1. The maximum atomic E-state index is 12.4. The second-order valence-electron chi connectivity index (χ2n) is 7.66. The number of rotatable bonds is 5. The first-order chi connectivity index (χ1) is 14.1. The molecule has 3 rings (SSSR count). The van der Waals surface area contributed by atoms with Crippen LogP contribution in [0.4, 0.5) is 10.5 Å². The number of nitrogens with one attached hydrogen (secondary N) is 1. The molecule has 0 bridgehead atoms. The summed E-state index contributed by atoms with van der Waals surface area (Å²) < 4.78 is 6.70. The standard InChI is InChI=1S/C20H21N5O4S/c1-20(2,3)29-19(26)21-16(11-13-7-5-4-6-8-13)18(30)24-17-12-14(25(27)28)9-10-15(17)22-23-24/h4-10,12,16H,11H2,1-3H3,(H,21,26). The number of amides is 1. The highest BCUT2D eigenvalue weighted by molar-refractivity contribution is 7.80. The fourth-order valence-electron chi connectivity index (χ4n) is 2.83. The third-order valence-electron chi connectivity index (χ3n) is 4.12. The van der Waals surface area contributed by atoms with Gasteiger partial charge in [-0.3, -0.25) is 10.1 Å². The molecule has 0 fully saturated rings. The van der Waals surface area contributed by atoms with Crippen LogP contribution in [-0.4, -0.2) is 42.6 Å². The molecule has 0 saturated carbocycles. The number of hydrogen-bond acceptors (Lipinski definition) is 7. The van der Waals surface area contributed by atoms with Gasteiger partial charge in [0.05, 0.1) is 11.0 Å². The Morgan fingerprint density at radius 2 is 1.97 bits per heavy atom. The predicted molar refractivity (Wildman–Crippen MR) is 115 cm³/mol. The summed E-state index contributed by atoms with van der Waals surface area (Å²) in [7, 11) is 0. The molecule has 1 unspecified atom stereocenters. The molecule has 0 aliphatic carbocycles. The van der Waals surface area contributed by atoms with Crippen LogP contribution < -0.4 is 5.32 Å². The topological polar surface area (TPSA) is 112 Å². The summed E-state index contributed by atoms with van der Waals surface area (Å²) >= 11 is 5.61. The third-order valence-corrected chi connectivity index (χ3v) is 4.58. The van der Waals surface area contributed by atoms with Crippen molar-refractivity contribution in [3.8, 4) is 0 Å². The number of benzene rings is 2. The molecule has 3 aromatic rings. The highest BCUT2D eigenvalue weighted by atomic mass is 32.1. The Kier molecular flexibility index (Phi) is 6.06. The second-order valence-corrected chi connectivity index (χ2v) is 8.08. The first-order valence-corrected chi connectivity index (χ1v) is 9.62. The molecule has 0 spiro atoms. The molecule has 2 aromatic carbocycles. The van der Waals surface area contributed by atoms with Gasteiger partial charge in [-0.2, -0.15) is 0 Å². The zero-order valence-electron chi connectivity index (χ0n) is 16.7. The molecule has 1 amide bonds. The Morgan fingerprint density at radius 1 is 1.27 bits per heavy atom. The number of non-ortho nitro benzene ring substituents is 1. The van der Waals surface area contributed by atoms with Crippen LogP contribution in [0, 0.1) is 10.1 Å². The van der Waals surface area contributed by atoms with Crippen molar-refractivity contribution in [3.63, 3.8) is 0 Å². The predicted octanol–water partition coefficient (Wildman–Crippen LogP) is 3.65. The SMILES string of the molecule is CC(C)(C)OC(=O)NC(Cc1ccccc1)C(=S)n1nnc2ccc([N+](=O)[O-])cc21. The Balaban J connectivity index is 1.94. The Labute approximate surface area is 178 Å². The molecule has 156 valence electrons. The van der Waals surface area contributed by atoms with Crippen molar-refractivity contribution in [3.05, 3.63) is 64.2 Å². The zero-order valence-corrected chi connectivity index (χ0v) is 17.5. The van der Waals surface area contributed by atoms with Crippen molar-refractivity contribution in [2.75, 3.05) is 0 Å². The van der Waals surface area contributed by atoms with Crippen molar-refractivity contribution in [1.29, 1.82) is 0 Å². The van der Waals surface area contributed by atoms with Gasteiger partial charge >= 0.3 is 6.09 Å². The van der Waals surface area contributed by atoms with Gasteiger partial charge in [0.25, 0.3) is 5.69 Å². The Hall–Kier alpha value is -3.40. The van der Waals surface area contributed by atoms with E-state index in [1.807, 2.05) is 30.3 Å². The largest absolute Gasteiger partial charge is 0.444 e. The van der Waals surface area contributed by atoms with Crippen LogP contribution in [0.1, 0.15) is 26.3 Å². The number of fused-ring (bicyclic) bond motifs is 1. The zero-order chi connectivity index (χ0) is 21.9. The van der Waals surface area contributed by atoms with E-state index in [2.05, 4.69) is 15.6 Å². The molecule has 9 nitrogen and oxygen atoms in total. The van der Waals surface area contributed by atoms with E-state index >= 15 is 0 Å². The van der Waals surface area contributed by atoms with Crippen LogP contribution in [0.15, 0.2) is 48.5 Å². The Morgan fingerprint density at radius 3 is 2.60 bits per heavy atom. The van der Waals surface area contributed by atoms with Crippen LogP contribution in [-0.2, 0) is 11.2 Å². The van der Waals surface area contributed by atoms with Crippen LogP contribution in [0.2, 0.25) is 0 Å². The molecular weight excluding hydrogens is 406 g/mol. The number of nitrogens with zero attached hydrogens (tertiary/aromatic N) is 4. The smallest absolute Gasteiger partial charge is 0.408 e. The lowest BCUT2D eigenvalue weighted by Crippen LogP contribution is -2.46. The summed E-state index contributed by atoms with van der Waals surface area (Å²) in [5.74, 6) is 0. The molecule has 10 heteroatoms. The first kappa shape index (κ1) is 21.3. The minimum Gasteiger partial charge on any atom is -0.444 e. The average Bonchev–Trinajstić information content (AvgIpc) is 3.09. The van der Waals surface area contributed by atoms with Crippen LogP contribution in [0.25, 0.3) is 11.0 Å². The molecular formula is C20H21N5O4S. The van der Waals surface area contributed by atoms with Gasteiger partial charge in [0, 0.05) is 12.1 Å². The van der Waals surface area contributed by atoms with Gasteiger partial charge in [-0.15, -0.1) is 5.10 Å². The monoisotopic (exact) mass is 427 g/mol. The lowest BCUT2D eigenvalue weighted by atomic mass is 10.1. The average molecular weight is 427 g/mol. The van der Waals surface area contributed by atoms with Gasteiger partial charge < -0.3 is 10.1 Å². The summed E-state index contributed by atoms with van der Waals surface area (Å²) in [6.45, 7) is 5.30. The maximum Gasteiger partial charge on any atom is 0.408 e. The Bertz CT molecular complexity index is 1090. The van der Waals surface area contributed by atoms with E-state index < -0.39 is 22.7 Å². The molecule has 0 radical (unpaired) electrons. The lowest BCUT2D eigenvalue weighted by molar-refractivity contribution is -0.384. The number of alkyl carbamates (subject to hydrolysis) is 1. The summed E-state index contributed by atoms with van der Waals surface area (Å²) in [5, 5.41) is 22.0. The first-order valence-electron chi connectivity index (χ1n) is 9.21. The van der Waals surface area contributed by atoms with E-state index in [0.717, 1.165) is 5.56 Å². The number of hydrogen-bond donors (Lipinski definition) is 1. The minimum absolute atomic E-state index is 0.103. The minimum atomic E-state index is -0.677. The highest BCUT2D eigenvalue weighted by Gasteiger charge is 2.25. The third kappa shape index (κ3) is 5.15. The van der Waals surface area contributed by atoms with Crippen molar-refractivity contribution >= 4 is 40.0 Å². The molecule has 0 aliphatic rings. The van der Waals surface area contributed by atoms with Crippen molar-refractivity contribution in [2.24, 2.45) is 0 Å². The van der Waals surface area contributed by atoms with Gasteiger partial charge in [0.1, 0.15) is 21.6 Å². The van der Waals surface area contributed by atoms with Crippen molar-refractivity contribution in [1.82, 2.24) is 20.3 Å². The van der Waals surface area contributed by atoms with Crippen molar-refractivity contribution in [2.45, 2.75) is 38.8 Å². The molecule has 1 aromatic heterocycles. The number of nitro groups is 1. The number of thiocarbonyl (C=S) groups is 1. The van der Waals surface area contributed by atoms with Gasteiger partial charge in [-0.25, -0.2) is 9.48 Å². The number of nitro benzene ring substituents is 1. The molecule has 1 heterocycles. The van der Waals surface area contributed by atoms with E-state index in [4.69, 9.17) is 17.0 Å². The molecule has 0 saturated heterocycles. The van der Waals surface area contributed by atoms with Crippen molar-refractivity contribution < 1.29 is 14.5 Å². The number of aromatic nitrogens is 3. The van der Waals surface area contributed by atoms with Crippen LogP contribution >= 0.6 is 12.2 Å². The molecule has 1 N–H and O–H groups in total. The van der Waals surface area contributed by atoms with E-state index in [0.29, 0.717) is 17.5 Å². The maximum absolute atomic E-state index is 12.4. The normalized spacial score (nSPS) is 12.4. The van der Waals surface area contributed by atoms with Gasteiger partial charge in [0.15, 0.2) is 0 Å². The highest BCUT2D eigenvalue weighted by Crippen LogP contribution is 2.20. The van der Waals surface area contributed by atoms with Crippen LogP contribution in [0.3, 0.4) is 0 Å². The van der Waals surface area contributed by atoms with Crippen LogP contribution in [0.5, 0.6) is 0 Å². The van der Waals surface area contributed by atoms with Gasteiger partial charge in [-0.1, -0.05) is 47.8 Å². The fourth-order valence-corrected chi connectivity index (χ4v) is 3.11. The van der Waals surface area contributed by atoms with E-state index in [1.165, 1.54) is 22.9 Å². The molecule has 1 atom stereocenters. The van der Waals surface area contributed by atoms with Gasteiger partial charge in [0.2, 0.25) is 0 Å². The lowest BCUT2D eigenvalue weighted by Gasteiger charge is -2.24. The summed E-state index contributed by atoms with van der Waals surface area (Å²) in [4.78, 5) is 23.3. The molecule has 30 heavy (non-hydrogen) atoms. The second kappa shape index (κ2) is 8.54. The van der Waals surface area contributed by atoms with E-state index in [9.17, 15) is 14.9 Å². The summed E-state index contributed by atoms with van der Waals surface area (Å²) in [5.41, 5.74) is 1.01. The summed E-state index contributed by atoms with van der Waals surface area (Å²) in [6, 6.07) is 13.1. The molecule has 0 aliphatic heterocycles.